The van der Waals surface area contributed by atoms with E-state index in [0.29, 0.717) is 42.3 Å². The first kappa shape index (κ1) is 23.7. The van der Waals surface area contributed by atoms with Crippen molar-refractivity contribution in [2.24, 2.45) is 5.73 Å². The number of aliphatic hydroxyl groups is 1. The number of nitrogens with zero attached hydrogens (tertiary/aromatic N) is 2. The number of aliphatic hydroxyl groups excluding tert-OH is 1. The number of amides is 1. The van der Waals surface area contributed by atoms with Crippen LogP contribution in [-0.4, -0.2) is 40.1 Å². The van der Waals surface area contributed by atoms with Crippen LogP contribution in [0, 0.1) is 0 Å². The predicted molar refractivity (Wildman–Crippen MR) is 120 cm³/mol. The molecule has 3 aromatic rings. The molecule has 1 fully saturated rings. The Kier molecular flexibility index (Phi) is 6.85. The van der Waals surface area contributed by atoms with Crippen LogP contribution < -0.4 is 10.5 Å². The van der Waals surface area contributed by atoms with Crippen molar-refractivity contribution in [2.45, 2.75) is 31.7 Å². The average molecular weight is 471 g/mol. The Labute approximate surface area is 194 Å². The van der Waals surface area contributed by atoms with Gasteiger partial charge in [0.1, 0.15) is 17.2 Å². The first-order valence-electron chi connectivity index (χ1n) is 10.8. The minimum absolute atomic E-state index is 0.148. The van der Waals surface area contributed by atoms with Crippen LogP contribution in [-0.2, 0) is 12.7 Å². The molecule has 1 unspecified atom stereocenters. The van der Waals surface area contributed by atoms with Crippen molar-refractivity contribution in [3.8, 4) is 22.8 Å². The van der Waals surface area contributed by atoms with Crippen LogP contribution in [0.15, 0.2) is 60.7 Å². The van der Waals surface area contributed by atoms with Crippen LogP contribution in [0.25, 0.3) is 11.3 Å². The largest absolute Gasteiger partial charge is 0.457 e. The number of halogens is 3. The number of likely N-dealkylation sites (tertiary alicyclic amines) is 1. The molecule has 6 nitrogen and oxygen atoms in total. The quantitative estimate of drug-likeness (QED) is 0.548. The Morgan fingerprint density at radius 2 is 1.91 bits per heavy atom. The lowest BCUT2D eigenvalue weighted by molar-refractivity contribution is -0.137. The summed E-state index contributed by atoms with van der Waals surface area (Å²) < 4.78 is 45.9. The van der Waals surface area contributed by atoms with Gasteiger partial charge in [-0.05, 0) is 74.0 Å². The molecule has 0 saturated carbocycles. The molecular weight excluding hydrogens is 447 g/mol. The van der Waals surface area contributed by atoms with Gasteiger partial charge in [0.15, 0.2) is 0 Å². The molecule has 9 heteroatoms. The van der Waals surface area contributed by atoms with E-state index >= 15 is 0 Å². The molecule has 1 atom stereocenters. The van der Waals surface area contributed by atoms with E-state index in [1.165, 1.54) is 12.1 Å². The zero-order chi connectivity index (χ0) is 24.3. The molecule has 1 aromatic heterocycles. The van der Waals surface area contributed by atoms with E-state index in [4.69, 9.17) is 10.5 Å². The highest BCUT2D eigenvalue weighted by molar-refractivity contribution is 5.91. The summed E-state index contributed by atoms with van der Waals surface area (Å²) in [6.45, 7) is 1.33. The fraction of sp³-hybridized carbons (Fsp3) is 0.280. The number of alkyl halides is 3. The molecule has 1 amide bonds. The van der Waals surface area contributed by atoms with Gasteiger partial charge in [-0.3, -0.25) is 9.69 Å². The second kappa shape index (κ2) is 9.82. The fourth-order valence-electron chi connectivity index (χ4n) is 3.95. The molecule has 0 spiro atoms. The molecule has 34 heavy (non-hydrogen) atoms. The Hall–Kier alpha value is -3.43. The number of β-amino-alcohol motifs (C(OH)–C–C–N with tert-alkyl or cyclic N) is 1. The molecule has 0 radical (unpaired) electrons. The number of pyridine rings is 1. The third-order valence-electron chi connectivity index (χ3n) is 5.64. The van der Waals surface area contributed by atoms with Gasteiger partial charge in [0.05, 0.1) is 17.4 Å². The highest BCUT2D eigenvalue weighted by Gasteiger charge is 2.31. The van der Waals surface area contributed by atoms with Gasteiger partial charge in [0.2, 0.25) is 0 Å². The van der Waals surface area contributed by atoms with Crippen LogP contribution in [0.1, 0.15) is 34.5 Å². The van der Waals surface area contributed by atoms with Crippen molar-refractivity contribution in [1.29, 1.82) is 0 Å². The van der Waals surface area contributed by atoms with Crippen molar-refractivity contribution >= 4 is 5.91 Å². The lowest BCUT2D eigenvalue weighted by atomic mass is 10.0. The Morgan fingerprint density at radius 3 is 2.59 bits per heavy atom. The number of nitrogens with two attached hydrogens (primary N) is 1. The van der Waals surface area contributed by atoms with E-state index in [1.54, 1.807) is 36.4 Å². The lowest BCUT2D eigenvalue weighted by Gasteiger charge is -2.30. The Balaban J connectivity index is 1.57. The average Bonchev–Trinajstić information content (AvgIpc) is 2.80. The van der Waals surface area contributed by atoms with E-state index in [0.717, 1.165) is 24.1 Å². The SMILES string of the molecule is NC(=O)c1cccc(-c2ccc(Oc3ccc(C(F)(F)F)cc3CN3CCCC(O)C3)cc2)n1. The van der Waals surface area contributed by atoms with Gasteiger partial charge in [-0.2, -0.15) is 13.2 Å². The number of aromatic nitrogens is 1. The third kappa shape index (κ3) is 5.73. The molecule has 4 rings (SSSR count). The summed E-state index contributed by atoms with van der Waals surface area (Å²) in [4.78, 5) is 17.5. The van der Waals surface area contributed by atoms with Gasteiger partial charge < -0.3 is 15.6 Å². The number of carbonyl (C=O) groups excluding carboxylic acids is 1. The number of ether oxygens (including phenoxy) is 1. The number of piperidine rings is 1. The van der Waals surface area contributed by atoms with Gasteiger partial charge in [-0.1, -0.05) is 6.07 Å². The van der Waals surface area contributed by atoms with Gasteiger partial charge in [0.25, 0.3) is 5.91 Å². The fourth-order valence-corrected chi connectivity index (χ4v) is 3.95. The number of primary amides is 1. The lowest BCUT2D eigenvalue weighted by Crippen LogP contribution is -2.37. The molecule has 1 aliphatic rings. The molecule has 1 saturated heterocycles. The molecule has 0 bridgehead atoms. The summed E-state index contributed by atoms with van der Waals surface area (Å²) in [6, 6.07) is 15.2. The molecule has 0 aliphatic carbocycles. The molecule has 2 heterocycles. The minimum Gasteiger partial charge on any atom is -0.457 e. The number of carbonyl (C=O) groups is 1. The number of hydrogen-bond acceptors (Lipinski definition) is 5. The highest BCUT2D eigenvalue weighted by Crippen LogP contribution is 2.35. The van der Waals surface area contributed by atoms with Crippen molar-refractivity contribution in [2.75, 3.05) is 13.1 Å². The van der Waals surface area contributed by atoms with Gasteiger partial charge >= 0.3 is 6.18 Å². The van der Waals surface area contributed by atoms with Crippen LogP contribution in [0.4, 0.5) is 13.2 Å². The molecular formula is C25H24F3N3O3. The van der Waals surface area contributed by atoms with Gasteiger partial charge in [-0.25, -0.2) is 4.98 Å². The monoisotopic (exact) mass is 471 g/mol. The van der Waals surface area contributed by atoms with E-state index in [2.05, 4.69) is 4.98 Å². The van der Waals surface area contributed by atoms with Crippen LogP contribution in [0.3, 0.4) is 0 Å². The van der Waals surface area contributed by atoms with Crippen molar-refractivity contribution in [3.05, 3.63) is 77.5 Å². The Bertz CT molecular complexity index is 1170. The van der Waals surface area contributed by atoms with Gasteiger partial charge in [-0.15, -0.1) is 0 Å². The van der Waals surface area contributed by atoms with E-state index in [1.807, 2.05) is 4.90 Å². The smallest absolute Gasteiger partial charge is 0.416 e. The maximum Gasteiger partial charge on any atom is 0.416 e. The summed E-state index contributed by atoms with van der Waals surface area (Å²) in [5.41, 5.74) is 6.37. The van der Waals surface area contributed by atoms with Crippen molar-refractivity contribution in [3.63, 3.8) is 0 Å². The molecule has 1 aliphatic heterocycles. The number of rotatable bonds is 6. The second-order valence-corrected chi connectivity index (χ2v) is 8.25. The van der Waals surface area contributed by atoms with E-state index in [9.17, 15) is 23.1 Å². The Morgan fingerprint density at radius 1 is 1.15 bits per heavy atom. The minimum atomic E-state index is -4.47. The van der Waals surface area contributed by atoms with Gasteiger partial charge in [0, 0.05) is 24.2 Å². The summed E-state index contributed by atoms with van der Waals surface area (Å²) >= 11 is 0. The zero-order valence-electron chi connectivity index (χ0n) is 18.3. The van der Waals surface area contributed by atoms with E-state index in [-0.39, 0.29) is 12.2 Å². The predicted octanol–water partition coefficient (Wildman–Crippen LogP) is 4.62. The topological polar surface area (TPSA) is 88.7 Å². The van der Waals surface area contributed by atoms with Crippen LogP contribution in [0.2, 0.25) is 0 Å². The normalized spacial score (nSPS) is 16.9. The molecule has 3 N–H and O–H groups in total. The first-order valence-corrected chi connectivity index (χ1v) is 10.8. The highest BCUT2D eigenvalue weighted by atomic mass is 19.4. The van der Waals surface area contributed by atoms with Crippen molar-refractivity contribution < 1.29 is 27.8 Å². The molecule has 178 valence electrons. The van der Waals surface area contributed by atoms with Crippen LogP contribution in [0.5, 0.6) is 11.5 Å². The second-order valence-electron chi connectivity index (χ2n) is 8.25. The maximum absolute atomic E-state index is 13.3. The summed E-state index contributed by atoms with van der Waals surface area (Å²) in [6.07, 6.45) is -3.49. The summed E-state index contributed by atoms with van der Waals surface area (Å²) in [5, 5.41) is 9.93. The third-order valence-corrected chi connectivity index (χ3v) is 5.64. The number of hydrogen-bond donors (Lipinski definition) is 2. The molecule has 2 aromatic carbocycles. The standard InChI is InChI=1S/C25H24F3N3O3/c26-25(27,28)18-8-11-23(17(13-18)14-31-12-2-3-19(32)15-31)34-20-9-6-16(7-10-20)21-4-1-5-22(30-21)24(29)33/h1,4-11,13,19,32H,2-3,12,14-15H2,(H2,29,33). The van der Waals surface area contributed by atoms with Crippen LogP contribution >= 0.6 is 0 Å². The maximum atomic E-state index is 13.3. The van der Waals surface area contributed by atoms with E-state index < -0.39 is 23.8 Å². The van der Waals surface area contributed by atoms with Crippen molar-refractivity contribution in [1.82, 2.24) is 9.88 Å². The summed E-state index contributed by atoms with van der Waals surface area (Å²) in [5.74, 6) is 0.127. The summed E-state index contributed by atoms with van der Waals surface area (Å²) in [7, 11) is 0. The first-order chi connectivity index (χ1) is 16.2. The zero-order valence-corrected chi connectivity index (χ0v) is 18.3. The number of benzene rings is 2.